The van der Waals surface area contributed by atoms with Crippen molar-refractivity contribution in [2.24, 2.45) is 5.92 Å². The summed E-state index contributed by atoms with van der Waals surface area (Å²) in [7, 11) is 0. The Labute approximate surface area is 187 Å². The molecule has 1 N–H and O–H groups in total. The number of pyridine rings is 2. The number of amides is 2. The Morgan fingerprint density at radius 1 is 1.06 bits per heavy atom. The highest BCUT2D eigenvalue weighted by Crippen LogP contribution is 2.29. The van der Waals surface area contributed by atoms with Gasteiger partial charge in [-0.05, 0) is 43.4 Å². The van der Waals surface area contributed by atoms with Crippen molar-refractivity contribution in [2.75, 3.05) is 44.3 Å². The van der Waals surface area contributed by atoms with Crippen LogP contribution in [0.25, 0.3) is 0 Å². The minimum atomic E-state index is -0.372. The Morgan fingerprint density at radius 3 is 2.50 bits per heavy atom. The Balaban J connectivity index is 1.20. The number of hydrogen-bond donors (Lipinski definition) is 1. The molecule has 9 nitrogen and oxygen atoms in total. The Hall–Kier alpha value is -3.36. The van der Waals surface area contributed by atoms with E-state index in [4.69, 9.17) is 9.47 Å². The smallest absolute Gasteiger partial charge is 0.339 e. The van der Waals surface area contributed by atoms with Crippen LogP contribution >= 0.6 is 0 Å². The summed E-state index contributed by atoms with van der Waals surface area (Å²) in [5.74, 6) is 1.74. The van der Waals surface area contributed by atoms with Crippen molar-refractivity contribution in [3.63, 3.8) is 0 Å². The average molecular weight is 440 g/mol. The standard InChI is InChI=1S/C23H29N5O4/c1-2-31-22(29)19-6-7-20(24-15-19)27-9-11-28(12-10-27)23(30)26-14-18-5-8-21(25-13-18)32-16-17-3-4-17/h5-8,13,15,17H,2-4,9-12,14,16H2,1H3,(H,26,30). The van der Waals surface area contributed by atoms with Crippen LogP contribution in [0.4, 0.5) is 10.6 Å². The van der Waals surface area contributed by atoms with Crippen molar-refractivity contribution >= 4 is 17.8 Å². The first-order chi connectivity index (χ1) is 15.6. The van der Waals surface area contributed by atoms with E-state index >= 15 is 0 Å². The van der Waals surface area contributed by atoms with E-state index in [2.05, 4.69) is 20.2 Å². The number of esters is 1. The Bertz CT molecular complexity index is 907. The lowest BCUT2D eigenvalue weighted by Gasteiger charge is -2.35. The summed E-state index contributed by atoms with van der Waals surface area (Å²) in [6.07, 6.45) is 5.77. The molecule has 2 aromatic rings. The zero-order valence-electron chi connectivity index (χ0n) is 18.3. The molecular formula is C23H29N5O4. The van der Waals surface area contributed by atoms with Gasteiger partial charge in [0.2, 0.25) is 5.88 Å². The molecule has 0 radical (unpaired) electrons. The van der Waals surface area contributed by atoms with Crippen LogP contribution in [0.2, 0.25) is 0 Å². The van der Waals surface area contributed by atoms with Gasteiger partial charge in [-0.1, -0.05) is 6.07 Å². The van der Waals surface area contributed by atoms with Gasteiger partial charge in [-0.25, -0.2) is 19.6 Å². The van der Waals surface area contributed by atoms with Gasteiger partial charge in [-0.2, -0.15) is 0 Å². The fourth-order valence-corrected chi connectivity index (χ4v) is 3.43. The molecule has 2 fully saturated rings. The highest BCUT2D eigenvalue weighted by molar-refractivity contribution is 5.89. The van der Waals surface area contributed by atoms with Crippen LogP contribution in [0.15, 0.2) is 36.7 Å². The molecule has 1 saturated carbocycles. The van der Waals surface area contributed by atoms with Crippen LogP contribution in [0, 0.1) is 5.92 Å². The first kappa shape index (κ1) is 21.9. The first-order valence-corrected chi connectivity index (χ1v) is 11.1. The van der Waals surface area contributed by atoms with E-state index in [1.54, 1.807) is 24.1 Å². The molecule has 3 heterocycles. The molecule has 170 valence electrons. The molecule has 0 aromatic carbocycles. The summed E-state index contributed by atoms with van der Waals surface area (Å²) in [6.45, 7) is 5.81. The van der Waals surface area contributed by atoms with Gasteiger partial charge in [0.05, 0.1) is 18.8 Å². The molecule has 32 heavy (non-hydrogen) atoms. The van der Waals surface area contributed by atoms with E-state index < -0.39 is 0 Å². The molecule has 0 atom stereocenters. The second-order valence-electron chi connectivity index (χ2n) is 8.02. The summed E-state index contributed by atoms with van der Waals surface area (Å²) in [5.41, 5.74) is 1.37. The number of carbonyl (C=O) groups is 2. The lowest BCUT2D eigenvalue weighted by Crippen LogP contribution is -2.51. The number of aromatic nitrogens is 2. The van der Waals surface area contributed by atoms with Crippen molar-refractivity contribution in [2.45, 2.75) is 26.3 Å². The summed E-state index contributed by atoms with van der Waals surface area (Å²) in [4.78, 5) is 36.9. The number of piperazine rings is 1. The van der Waals surface area contributed by atoms with Gasteiger partial charge in [0.1, 0.15) is 5.82 Å². The van der Waals surface area contributed by atoms with Gasteiger partial charge in [0.15, 0.2) is 0 Å². The summed E-state index contributed by atoms with van der Waals surface area (Å²) < 4.78 is 10.6. The third-order valence-corrected chi connectivity index (χ3v) is 5.56. The fourth-order valence-electron chi connectivity index (χ4n) is 3.43. The predicted octanol–water partition coefficient (Wildman–Crippen LogP) is 2.47. The highest BCUT2D eigenvalue weighted by Gasteiger charge is 2.23. The van der Waals surface area contributed by atoms with Gasteiger partial charge in [-0.15, -0.1) is 0 Å². The van der Waals surface area contributed by atoms with E-state index in [0.29, 0.717) is 56.7 Å². The fraction of sp³-hybridized carbons (Fsp3) is 0.478. The zero-order valence-corrected chi connectivity index (χ0v) is 18.3. The number of rotatable bonds is 8. The van der Waals surface area contributed by atoms with E-state index in [9.17, 15) is 9.59 Å². The summed E-state index contributed by atoms with van der Waals surface area (Å²) >= 11 is 0. The quantitative estimate of drug-likeness (QED) is 0.631. The topological polar surface area (TPSA) is 96.9 Å². The average Bonchev–Trinajstić information content (AvgIpc) is 3.67. The molecule has 2 amide bonds. The second kappa shape index (κ2) is 10.3. The maximum absolute atomic E-state index is 12.5. The largest absolute Gasteiger partial charge is 0.477 e. The molecule has 1 aliphatic carbocycles. The molecule has 0 bridgehead atoms. The van der Waals surface area contributed by atoms with Gasteiger partial charge in [-0.3, -0.25) is 0 Å². The van der Waals surface area contributed by atoms with E-state index in [1.165, 1.54) is 19.0 Å². The van der Waals surface area contributed by atoms with Crippen LogP contribution in [0.1, 0.15) is 35.7 Å². The van der Waals surface area contributed by atoms with E-state index in [0.717, 1.165) is 18.0 Å². The molecule has 4 rings (SSSR count). The van der Waals surface area contributed by atoms with Crippen LogP contribution < -0.4 is 15.0 Å². The lowest BCUT2D eigenvalue weighted by atomic mass is 10.2. The number of nitrogens with one attached hydrogen (secondary N) is 1. The van der Waals surface area contributed by atoms with Crippen molar-refractivity contribution in [1.29, 1.82) is 0 Å². The van der Waals surface area contributed by atoms with Crippen LogP contribution in [0.3, 0.4) is 0 Å². The first-order valence-electron chi connectivity index (χ1n) is 11.1. The molecule has 2 aromatic heterocycles. The number of carbonyl (C=O) groups excluding carboxylic acids is 2. The van der Waals surface area contributed by atoms with Crippen molar-refractivity contribution in [3.05, 3.63) is 47.8 Å². The summed E-state index contributed by atoms with van der Waals surface area (Å²) in [5, 5.41) is 2.96. The van der Waals surface area contributed by atoms with Gasteiger partial charge in [0.25, 0.3) is 0 Å². The number of hydrogen-bond acceptors (Lipinski definition) is 7. The summed E-state index contributed by atoms with van der Waals surface area (Å²) in [6, 6.07) is 7.22. The predicted molar refractivity (Wildman–Crippen MR) is 119 cm³/mol. The Kier molecular flexibility index (Phi) is 7.03. The zero-order chi connectivity index (χ0) is 22.3. The third-order valence-electron chi connectivity index (χ3n) is 5.56. The van der Waals surface area contributed by atoms with Crippen molar-refractivity contribution < 1.29 is 19.1 Å². The molecular weight excluding hydrogens is 410 g/mol. The lowest BCUT2D eigenvalue weighted by molar-refractivity contribution is 0.0526. The number of ether oxygens (including phenoxy) is 2. The monoisotopic (exact) mass is 439 g/mol. The van der Waals surface area contributed by atoms with Crippen molar-refractivity contribution in [3.8, 4) is 5.88 Å². The minimum absolute atomic E-state index is 0.0932. The maximum atomic E-state index is 12.5. The van der Waals surface area contributed by atoms with Gasteiger partial charge in [0, 0.05) is 51.2 Å². The number of nitrogens with zero attached hydrogens (tertiary/aromatic N) is 4. The number of anilines is 1. The maximum Gasteiger partial charge on any atom is 0.339 e. The van der Waals surface area contributed by atoms with Gasteiger partial charge >= 0.3 is 12.0 Å². The van der Waals surface area contributed by atoms with Crippen LogP contribution in [0.5, 0.6) is 5.88 Å². The molecule has 1 aliphatic heterocycles. The molecule has 1 saturated heterocycles. The SMILES string of the molecule is CCOC(=O)c1ccc(N2CCN(C(=O)NCc3ccc(OCC4CC4)nc3)CC2)nc1. The minimum Gasteiger partial charge on any atom is -0.477 e. The third kappa shape index (κ3) is 5.87. The van der Waals surface area contributed by atoms with Crippen LogP contribution in [-0.4, -0.2) is 66.3 Å². The second-order valence-corrected chi connectivity index (χ2v) is 8.02. The molecule has 0 spiro atoms. The number of urea groups is 1. The van der Waals surface area contributed by atoms with Gasteiger partial charge < -0.3 is 24.6 Å². The Morgan fingerprint density at radius 2 is 1.88 bits per heavy atom. The highest BCUT2D eigenvalue weighted by atomic mass is 16.5. The van der Waals surface area contributed by atoms with Crippen LogP contribution in [-0.2, 0) is 11.3 Å². The molecule has 9 heteroatoms. The van der Waals surface area contributed by atoms with E-state index in [1.807, 2.05) is 18.2 Å². The molecule has 0 unspecified atom stereocenters. The van der Waals surface area contributed by atoms with Crippen molar-refractivity contribution in [1.82, 2.24) is 20.2 Å². The van der Waals surface area contributed by atoms with E-state index in [-0.39, 0.29) is 12.0 Å². The molecule has 2 aliphatic rings. The normalized spacial score (nSPS) is 15.9.